The fourth-order valence-electron chi connectivity index (χ4n) is 3.07. The summed E-state index contributed by atoms with van der Waals surface area (Å²) in [6, 6.07) is 8.27. The van der Waals surface area contributed by atoms with E-state index in [1.165, 1.54) is 6.07 Å². The lowest BCUT2D eigenvalue weighted by molar-refractivity contribution is -0.121. The second-order valence-corrected chi connectivity index (χ2v) is 6.76. The number of hydrogen-bond donors (Lipinski definition) is 3. The first-order chi connectivity index (χ1) is 13.9. The third kappa shape index (κ3) is 4.66. The van der Waals surface area contributed by atoms with Crippen LogP contribution in [0.2, 0.25) is 0 Å². The van der Waals surface area contributed by atoms with Crippen LogP contribution in [0.15, 0.2) is 45.7 Å². The molecule has 29 heavy (non-hydrogen) atoms. The van der Waals surface area contributed by atoms with E-state index in [2.05, 4.69) is 15.5 Å². The Hall–Kier alpha value is -3.55. The molecule has 0 fully saturated rings. The van der Waals surface area contributed by atoms with Crippen molar-refractivity contribution in [3.05, 3.63) is 75.1 Å². The number of carbonyl (C=O) groups is 1. The Bertz CT molecular complexity index is 1050. The highest BCUT2D eigenvalue weighted by Crippen LogP contribution is 2.33. The number of benzene rings is 1. The SMILES string of the molecule is COc1ccc(C(CC(=O)NCc2cn[nH]c2C)c2oc(C)cc(=O)c2O)cc1. The maximum absolute atomic E-state index is 12.6. The fraction of sp³-hybridized carbons (Fsp3) is 0.286. The molecule has 152 valence electrons. The molecule has 2 heterocycles. The average Bonchev–Trinajstić information content (AvgIpc) is 3.12. The fourth-order valence-corrected chi connectivity index (χ4v) is 3.07. The molecule has 0 radical (unpaired) electrons. The molecule has 3 aromatic rings. The number of aryl methyl sites for hydroxylation is 2. The summed E-state index contributed by atoms with van der Waals surface area (Å²) in [5.41, 5.74) is 1.92. The molecular weight excluding hydrogens is 374 g/mol. The van der Waals surface area contributed by atoms with Crippen LogP contribution in [-0.4, -0.2) is 28.3 Å². The lowest BCUT2D eigenvalue weighted by Gasteiger charge is -2.18. The predicted octanol–water partition coefficient (Wildman–Crippen LogP) is 2.53. The summed E-state index contributed by atoms with van der Waals surface area (Å²) in [5.74, 6) is -0.309. The van der Waals surface area contributed by atoms with Gasteiger partial charge in [-0.2, -0.15) is 5.10 Å². The van der Waals surface area contributed by atoms with Gasteiger partial charge in [0.05, 0.1) is 19.2 Å². The van der Waals surface area contributed by atoms with E-state index in [4.69, 9.17) is 9.15 Å². The number of nitrogens with zero attached hydrogens (tertiary/aromatic N) is 1. The van der Waals surface area contributed by atoms with Gasteiger partial charge in [-0.05, 0) is 31.5 Å². The number of aromatic amines is 1. The molecule has 0 saturated heterocycles. The Labute approximate surface area is 167 Å². The molecule has 8 nitrogen and oxygen atoms in total. The quantitative estimate of drug-likeness (QED) is 0.564. The summed E-state index contributed by atoms with van der Waals surface area (Å²) in [7, 11) is 1.56. The van der Waals surface area contributed by atoms with Gasteiger partial charge < -0.3 is 19.6 Å². The molecule has 0 aliphatic heterocycles. The number of ether oxygens (including phenoxy) is 1. The van der Waals surface area contributed by atoms with Crippen LogP contribution < -0.4 is 15.5 Å². The zero-order valence-electron chi connectivity index (χ0n) is 16.5. The number of methoxy groups -OCH3 is 1. The summed E-state index contributed by atoms with van der Waals surface area (Å²) in [4.78, 5) is 24.7. The largest absolute Gasteiger partial charge is 0.502 e. The molecule has 1 aromatic carbocycles. The van der Waals surface area contributed by atoms with Gasteiger partial charge in [-0.3, -0.25) is 14.7 Å². The first-order valence-electron chi connectivity index (χ1n) is 9.12. The number of carbonyl (C=O) groups excluding carboxylic acids is 1. The molecular formula is C21H23N3O5. The lowest BCUT2D eigenvalue weighted by Crippen LogP contribution is -2.25. The minimum absolute atomic E-state index is 0.0107. The van der Waals surface area contributed by atoms with Gasteiger partial charge in [-0.1, -0.05) is 12.1 Å². The van der Waals surface area contributed by atoms with Gasteiger partial charge in [0.25, 0.3) is 0 Å². The smallest absolute Gasteiger partial charge is 0.227 e. The monoisotopic (exact) mass is 397 g/mol. The standard InChI is InChI=1S/C21H23N3O5/c1-12-8-18(25)20(27)21(29-12)17(14-4-6-16(28-3)7-5-14)9-19(26)22-10-15-11-23-24-13(15)2/h4-8,11,17,27H,9-10H2,1-3H3,(H,22,26)(H,23,24). The van der Waals surface area contributed by atoms with E-state index >= 15 is 0 Å². The van der Waals surface area contributed by atoms with Crippen molar-refractivity contribution in [3.8, 4) is 11.5 Å². The van der Waals surface area contributed by atoms with E-state index in [-0.39, 0.29) is 18.1 Å². The second kappa shape index (κ2) is 8.64. The van der Waals surface area contributed by atoms with E-state index in [0.717, 1.165) is 11.3 Å². The summed E-state index contributed by atoms with van der Waals surface area (Å²) < 4.78 is 10.8. The molecule has 1 amide bonds. The number of rotatable bonds is 7. The second-order valence-electron chi connectivity index (χ2n) is 6.76. The molecule has 0 spiro atoms. The van der Waals surface area contributed by atoms with Gasteiger partial charge in [0.15, 0.2) is 5.76 Å². The van der Waals surface area contributed by atoms with E-state index in [1.54, 1.807) is 44.5 Å². The number of aromatic hydroxyl groups is 1. The number of aromatic nitrogens is 2. The van der Waals surface area contributed by atoms with Crippen LogP contribution >= 0.6 is 0 Å². The summed E-state index contributed by atoms with van der Waals surface area (Å²) in [6.07, 6.45) is 1.64. The van der Waals surface area contributed by atoms with Crippen LogP contribution in [0.4, 0.5) is 0 Å². The highest BCUT2D eigenvalue weighted by molar-refractivity contribution is 5.77. The third-order valence-corrected chi connectivity index (χ3v) is 4.71. The highest BCUT2D eigenvalue weighted by Gasteiger charge is 2.26. The Morgan fingerprint density at radius 3 is 2.66 bits per heavy atom. The van der Waals surface area contributed by atoms with E-state index in [9.17, 15) is 14.7 Å². The lowest BCUT2D eigenvalue weighted by atomic mass is 9.91. The average molecular weight is 397 g/mol. The molecule has 0 bridgehead atoms. The van der Waals surface area contributed by atoms with Gasteiger partial charge in [0, 0.05) is 30.3 Å². The van der Waals surface area contributed by atoms with Gasteiger partial charge in [-0.25, -0.2) is 0 Å². The summed E-state index contributed by atoms with van der Waals surface area (Å²) in [6.45, 7) is 3.81. The van der Waals surface area contributed by atoms with Gasteiger partial charge in [0.2, 0.25) is 17.1 Å². The van der Waals surface area contributed by atoms with Crippen LogP contribution in [0.1, 0.15) is 40.7 Å². The minimum atomic E-state index is -0.640. The van der Waals surface area contributed by atoms with Crippen LogP contribution in [-0.2, 0) is 11.3 Å². The molecule has 0 saturated carbocycles. The highest BCUT2D eigenvalue weighted by atomic mass is 16.5. The van der Waals surface area contributed by atoms with Crippen LogP contribution in [0, 0.1) is 13.8 Å². The molecule has 0 aliphatic carbocycles. The molecule has 1 atom stereocenters. The Kier molecular flexibility index (Phi) is 6.01. The zero-order chi connectivity index (χ0) is 21.0. The van der Waals surface area contributed by atoms with Gasteiger partial charge in [-0.15, -0.1) is 0 Å². The molecule has 2 aromatic heterocycles. The Morgan fingerprint density at radius 2 is 2.03 bits per heavy atom. The van der Waals surface area contributed by atoms with E-state index < -0.39 is 17.1 Å². The van der Waals surface area contributed by atoms with Crippen molar-refractivity contribution in [2.75, 3.05) is 7.11 Å². The molecule has 3 rings (SSSR count). The number of H-pyrrole nitrogens is 1. The number of nitrogens with one attached hydrogen (secondary N) is 2. The topological polar surface area (TPSA) is 117 Å². The summed E-state index contributed by atoms with van der Waals surface area (Å²) in [5, 5.41) is 19.9. The van der Waals surface area contributed by atoms with Gasteiger partial charge >= 0.3 is 0 Å². The van der Waals surface area contributed by atoms with Crippen molar-refractivity contribution in [2.45, 2.75) is 32.7 Å². The number of hydrogen-bond acceptors (Lipinski definition) is 6. The van der Waals surface area contributed by atoms with Crippen molar-refractivity contribution in [1.29, 1.82) is 0 Å². The normalized spacial score (nSPS) is 11.8. The molecule has 3 N–H and O–H groups in total. The van der Waals surface area contributed by atoms with Gasteiger partial charge in [0.1, 0.15) is 11.5 Å². The van der Waals surface area contributed by atoms with Crippen LogP contribution in [0.25, 0.3) is 0 Å². The van der Waals surface area contributed by atoms with Crippen molar-refractivity contribution in [3.63, 3.8) is 0 Å². The molecule has 0 aliphatic rings. The zero-order valence-corrected chi connectivity index (χ0v) is 16.5. The van der Waals surface area contributed by atoms with Crippen molar-refractivity contribution < 1.29 is 19.1 Å². The first-order valence-corrected chi connectivity index (χ1v) is 9.12. The Balaban J connectivity index is 1.89. The van der Waals surface area contributed by atoms with E-state index in [0.29, 0.717) is 23.6 Å². The van der Waals surface area contributed by atoms with Crippen molar-refractivity contribution >= 4 is 5.91 Å². The number of amides is 1. The third-order valence-electron chi connectivity index (χ3n) is 4.71. The van der Waals surface area contributed by atoms with Crippen LogP contribution in [0.3, 0.4) is 0 Å². The molecule has 8 heteroatoms. The first kappa shape index (κ1) is 20.2. The van der Waals surface area contributed by atoms with Crippen molar-refractivity contribution in [1.82, 2.24) is 15.5 Å². The molecule has 1 unspecified atom stereocenters. The van der Waals surface area contributed by atoms with Crippen molar-refractivity contribution in [2.24, 2.45) is 0 Å². The summed E-state index contributed by atoms with van der Waals surface area (Å²) >= 11 is 0. The maximum Gasteiger partial charge on any atom is 0.227 e. The predicted molar refractivity (Wildman–Crippen MR) is 106 cm³/mol. The van der Waals surface area contributed by atoms with Crippen LogP contribution in [0.5, 0.6) is 11.5 Å². The maximum atomic E-state index is 12.6. The minimum Gasteiger partial charge on any atom is -0.502 e. The van der Waals surface area contributed by atoms with E-state index in [1.807, 2.05) is 6.92 Å². The Morgan fingerprint density at radius 1 is 1.31 bits per heavy atom.